The molecule has 3 rings (SSSR count). The molecular formula is C15H15BrO6. The number of esters is 2. The quantitative estimate of drug-likeness (QED) is 0.577. The molecule has 0 unspecified atom stereocenters. The average molecular weight is 371 g/mol. The number of carbonyl (C=O) groups is 2. The third kappa shape index (κ3) is 2.15. The summed E-state index contributed by atoms with van der Waals surface area (Å²) in [5, 5.41) is 0. The molecule has 1 aliphatic carbocycles. The van der Waals surface area contributed by atoms with Crippen LogP contribution in [0.3, 0.4) is 0 Å². The Bertz CT molecular complexity index is 592. The number of carbonyl (C=O) groups excluding carboxylic acids is 2. The first-order chi connectivity index (χ1) is 10.5. The summed E-state index contributed by atoms with van der Waals surface area (Å²) in [6.45, 7) is 0. The number of methoxy groups -OCH3 is 2. The molecule has 0 amide bonds. The van der Waals surface area contributed by atoms with Gasteiger partial charge in [0.1, 0.15) is 0 Å². The number of fused-ring (bicyclic) bond motifs is 2. The minimum atomic E-state index is -1.20. The van der Waals surface area contributed by atoms with Gasteiger partial charge in [-0.1, -0.05) is 40.2 Å². The molecular weight excluding hydrogens is 356 g/mol. The summed E-state index contributed by atoms with van der Waals surface area (Å²) >= 11 is 3.55. The standard InChI is InChI=1S/C15H15BrO6/c1-19-13(17)11-12(14(18)20-2)22-15(21-11)9-6-4-3-5-8(9)7-10(15)16/h3-6,10-12H,7H2,1-2H3/t10-,11-,12-/m1/s1. The predicted molar refractivity (Wildman–Crippen MR) is 78.3 cm³/mol. The first kappa shape index (κ1) is 15.5. The lowest BCUT2D eigenvalue weighted by Gasteiger charge is -2.27. The van der Waals surface area contributed by atoms with Gasteiger partial charge >= 0.3 is 11.9 Å². The van der Waals surface area contributed by atoms with Gasteiger partial charge in [-0.15, -0.1) is 0 Å². The number of hydrogen-bond acceptors (Lipinski definition) is 6. The molecule has 0 radical (unpaired) electrons. The van der Waals surface area contributed by atoms with E-state index in [4.69, 9.17) is 18.9 Å². The van der Waals surface area contributed by atoms with Gasteiger partial charge in [-0.05, 0) is 12.0 Å². The van der Waals surface area contributed by atoms with Gasteiger partial charge in [-0.3, -0.25) is 0 Å². The third-order valence-corrected chi connectivity index (χ3v) is 4.88. The van der Waals surface area contributed by atoms with Crippen molar-refractivity contribution in [3.63, 3.8) is 0 Å². The fraction of sp³-hybridized carbons (Fsp3) is 0.467. The number of rotatable bonds is 2. The smallest absolute Gasteiger partial charge is 0.338 e. The molecule has 0 saturated carbocycles. The van der Waals surface area contributed by atoms with Crippen molar-refractivity contribution in [2.75, 3.05) is 14.2 Å². The zero-order valence-corrected chi connectivity index (χ0v) is 13.7. The summed E-state index contributed by atoms with van der Waals surface area (Å²) in [6.07, 6.45) is -1.66. The van der Waals surface area contributed by atoms with Gasteiger partial charge in [0.15, 0.2) is 12.2 Å². The van der Waals surface area contributed by atoms with Crippen LogP contribution in [0.5, 0.6) is 0 Å². The van der Waals surface area contributed by atoms with Gasteiger partial charge in [0.05, 0.1) is 19.0 Å². The van der Waals surface area contributed by atoms with Crippen molar-refractivity contribution in [2.45, 2.75) is 29.2 Å². The molecule has 22 heavy (non-hydrogen) atoms. The van der Waals surface area contributed by atoms with Crippen LogP contribution >= 0.6 is 15.9 Å². The Morgan fingerprint density at radius 1 is 1.14 bits per heavy atom. The minimum Gasteiger partial charge on any atom is -0.467 e. The molecule has 0 N–H and O–H groups in total. The van der Waals surface area contributed by atoms with E-state index in [0.29, 0.717) is 6.42 Å². The third-order valence-electron chi connectivity index (χ3n) is 3.95. The molecule has 3 atom stereocenters. The zero-order chi connectivity index (χ0) is 15.9. The fourth-order valence-corrected chi connectivity index (χ4v) is 3.72. The van der Waals surface area contributed by atoms with Crippen LogP contribution in [0.15, 0.2) is 24.3 Å². The fourth-order valence-electron chi connectivity index (χ4n) is 2.91. The highest BCUT2D eigenvalue weighted by Crippen LogP contribution is 2.50. The summed E-state index contributed by atoms with van der Waals surface area (Å²) in [4.78, 5) is 23.7. The first-order valence-corrected chi connectivity index (χ1v) is 7.69. The van der Waals surface area contributed by atoms with Crippen LogP contribution < -0.4 is 0 Å². The molecule has 1 saturated heterocycles. The zero-order valence-electron chi connectivity index (χ0n) is 12.1. The summed E-state index contributed by atoms with van der Waals surface area (Å²) in [6, 6.07) is 7.60. The Balaban J connectivity index is 2.03. The van der Waals surface area contributed by atoms with Gasteiger partial charge in [0.2, 0.25) is 5.79 Å². The van der Waals surface area contributed by atoms with Gasteiger partial charge in [-0.2, -0.15) is 0 Å². The average Bonchev–Trinajstić information content (AvgIpc) is 3.07. The predicted octanol–water partition coefficient (Wildman–Crippen LogP) is 1.29. The van der Waals surface area contributed by atoms with Crippen LogP contribution in [0, 0.1) is 0 Å². The minimum absolute atomic E-state index is 0.223. The SMILES string of the molecule is COC(=O)[C@@H]1OC2(O[C@H]1C(=O)OC)c1ccccc1C[C@H]2Br. The molecule has 1 aliphatic heterocycles. The van der Waals surface area contributed by atoms with Crippen LogP contribution in [0.2, 0.25) is 0 Å². The Morgan fingerprint density at radius 3 is 2.23 bits per heavy atom. The van der Waals surface area contributed by atoms with Crippen LogP contribution in [0.25, 0.3) is 0 Å². The first-order valence-electron chi connectivity index (χ1n) is 6.77. The van der Waals surface area contributed by atoms with Crippen molar-refractivity contribution < 1.29 is 28.5 Å². The highest BCUT2D eigenvalue weighted by Gasteiger charge is 2.61. The van der Waals surface area contributed by atoms with E-state index < -0.39 is 29.9 Å². The van der Waals surface area contributed by atoms with E-state index in [1.54, 1.807) is 0 Å². The molecule has 118 valence electrons. The Hall–Kier alpha value is -1.44. The maximum atomic E-state index is 12.0. The number of halogens is 1. The van der Waals surface area contributed by atoms with Gasteiger partial charge < -0.3 is 18.9 Å². The largest absolute Gasteiger partial charge is 0.467 e. The van der Waals surface area contributed by atoms with Gasteiger partial charge in [0.25, 0.3) is 0 Å². The molecule has 1 heterocycles. The van der Waals surface area contributed by atoms with Crippen molar-refractivity contribution in [3.05, 3.63) is 35.4 Å². The molecule has 0 bridgehead atoms. The second-order valence-corrected chi connectivity index (χ2v) is 6.22. The van der Waals surface area contributed by atoms with E-state index in [2.05, 4.69) is 15.9 Å². The van der Waals surface area contributed by atoms with Crippen LogP contribution in [0.4, 0.5) is 0 Å². The van der Waals surface area contributed by atoms with Crippen LogP contribution in [-0.4, -0.2) is 43.2 Å². The Kier molecular flexibility index (Phi) is 3.96. The van der Waals surface area contributed by atoms with Crippen molar-refractivity contribution in [1.29, 1.82) is 0 Å². The van der Waals surface area contributed by atoms with Crippen LogP contribution in [0.1, 0.15) is 11.1 Å². The summed E-state index contributed by atoms with van der Waals surface area (Å²) in [7, 11) is 2.47. The molecule has 2 aliphatic rings. The number of ether oxygens (including phenoxy) is 4. The molecule has 1 spiro atoms. The second kappa shape index (κ2) is 5.64. The lowest BCUT2D eigenvalue weighted by molar-refractivity contribution is -0.189. The molecule has 6 nitrogen and oxygen atoms in total. The topological polar surface area (TPSA) is 71.1 Å². The molecule has 1 fully saturated rings. The van der Waals surface area contributed by atoms with E-state index in [9.17, 15) is 9.59 Å². The molecule has 1 aromatic carbocycles. The summed E-state index contributed by atoms with van der Waals surface area (Å²) in [5.74, 6) is -2.54. The van der Waals surface area contributed by atoms with Crippen molar-refractivity contribution in [3.8, 4) is 0 Å². The van der Waals surface area contributed by atoms with E-state index in [1.165, 1.54) is 14.2 Å². The lowest BCUT2D eigenvalue weighted by atomic mass is 10.1. The monoisotopic (exact) mass is 370 g/mol. The number of alkyl halides is 1. The highest BCUT2D eigenvalue weighted by atomic mass is 79.9. The number of benzene rings is 1. The van der Waals surface area contributed by atoms with E-state index in [1.807, 2.05) is 24.3 Å². The van der Waals surface area contributed by atoms with Crippen molar-refractivity contribution in [2.24, 2.45) is 0 Å². The Labute approximate surface area is 135 Å². The number of hydrogen-bond donors (Lipinski definition) is 0. The van der Waals surface area contributed by atoms with Crippen LogP contribution in [-0.2, 0) is 40.7 Å². The second-order valence-electron chi connectivity index (χ2n) is 5.12. The maximum absolute atomic E-state index is 12.0. The Morgan fingerprint density at radius 2 is 1.68 bits per heavy atom. The van der Waals surface area contributed by atoms with Gasteiger partial charge in [-0.25, -0.2) is 9.59 Å². The maximum Gasteiger partial charge on any atom is 0.338 e. The summed E-state index contributed by atoms with van der Waals surface area (Å²) < 4.78 is 21.2. The lowest BCUT2D eigenvalue weighted by Crippen LogP contribution is -2.38. The van der Waals surface area contributed by atoms with E-state index in [0.717, 1.165) is 11.1 Å². The highest BCUT2D eigenvalue weighted by molar-refractivity contribution is 9.09. The van der Waals surface area contributed by atoms with E-state index >= 15 is 0 Å². The molecule has 7 heteroatoms. The molecule has 0 aromatic heterocycles. The van der Waals surface area contributed by atoms with Gasteiger partial charge in [0, 0.05) is 5.56 Å². The van der Waals surface area contributed by atoms with E-state index in [-0.39, 0.29) is 4.83 Å². The summed E-state index contributed by atoms with van der Waals surface area (Å²) in [5.41, 5.74) is 1.84. The normalized spacial score (nSPS) is 28.4. The van der Waals surface area contributed by atoms with Crippen molar-refractivity contribution in [1.82, 2.24) is 0 Å². The molecule has 1 aromatic rings. The van der Waals surface area contributed by atoms with Crippen molar-refractivity contribution >= 4 is 27.9 Å².